The first-order valence-corrected chi connectivity index (χ1v) is 5.98. The molecule has 0 amide bonds. The number of Topliss-reactive ketones (excluding diaryl/α,β-unsaturated/α-hetero) is 1. The van der Waals surface area contributed by atoms with Gasteiger partial charge in [0.15, 0.2) is 0 Å². The molecule has 1 nitrogen and oxygen atoms in total. The number of alkyl halides is 2. The highest BCUT2D eigenvalue weighted by Crippen LogP contribution is 2.29. The molecule has 1 aromatic carbocycles. The summed E-state index contributed by atoms with van der Waals surface area (Å²) >= 11 is 13.3. The van der Waals surface area contributed by atoms with E-state index in [1.165, 1.54) is 0 Å². The Morgan fingerprint density at radius 3 is 2.79 bits per heavy atom. The van der Waals surface area contributed by atoms with Crippen LogP contribution in [0.25, 0.3) is 0 Å². The predicted octanol–water partition coefficient (Wildman–Crippen LogP) is 3.74. The van der Waals surface area contributed by atoms with Crippen molar-refractivity contribution in [2.24, 2.45) is 0 Å². The predicted molar refractivity (Wildman–Crippen MR) is 65.6 cm³/mol. The third-order valence-corrected chi connectivity index (χ3v) is 3.60. The van der Waals surface area contributed by atoms with E-state index in [1.54, 1.807) is 6.92 Å². The van der Waals surface area contributed by atoms with Crippen LogP contribution in [-0.4, -0.2) is 5.78 Å². The van der Waals surface area contributed by atoms with Gasteiger partial charge >= 0.3 is 0 Å². The van der Waals surface area contributed by atoms with Crippen molar-refractivity contribution in [2.75, 3.05) is 0 Å². The lowest BCUT2D eigenvalue weighted by molar-refractivity contribution is -0.116. The number of hydrogen-bond acceptors (Lipinski definition) is 2. The van der Waals surface area contributed by atoms with Gasteiger partial charge in [-0.25, -0.2) is 0 Å². The van der Waals surface area contributed by atoms with Crippen LogP contribution >= 0.6 is 40.2 Å². The van der Waals surface area contributed by atoms with Crippen molar-refractivity contribution in [3.8, 4) is 0 Å². The second kappa shape index (κ2) is 5.19. The van der Waals surface area contributed by atoms with Crippen molar-refractivity contribution in [2.45, 2.75) is 22.5 Å². The average Bonchev–Trinajstić information content (AvgIpc) is 2.16. The van der Waals surface area contributed by atoms with Gasteiger partial charge in [-0.2, -0.15) is 0 Å². The first-order chi connectivity index (χ1) is 6.56. The maximum atomic E-state index is 11.2. The van der Waals surface area contributed by atoms with Gasteiger partial charge in [0.25, 0.3) is 0 Å². The summed E-state index contributed by atoms with van der Waals surface area (Å²) in [7, 11) is 0. The van der Waals surface area contributed by atoms with Gasteiger partial charge in [0.05, 0.1) is 4.83 Å². The van der Waals surface area contributed by atoms with Gasteiger partial charge < -0.3 is 0 Å². The smallest absolute Gasteiger partial charge is 0.147 e. The first-order valence-electron chi connectivity index (χ1n) is 4.08. The minimum atomic E-state index is -0.273. The third-order valence-electron chi connectivity index (χ3n) is 1.90. The molecular formula is C10H10BrClOS. The van der Waals surface area contributed by atoms with Crippen molar-refractivity contribution in [1.82, 2.24) is 0 Å². The molecule has 14 heavy (non-hydrogen) atoms. The molecule has 4 heteroatoms. The molecule has 0 fully saturated rings. The van der Waals surface area contributed by atoms with E-state index in [2.05, 4.69) is 28.6 Å². The Labute approximate surface area is 102 Å². The highest BCUT2D eigenvalue weighted by molar-refractivity contribution is 9.09. The SMILES string of the molecule is CC(=O)C(Br)c1ccc(S)cc1CCl. The zero-order chi connectivity index (χ0) is 10.7. The first kappa shape index (κ1) is 12.1. The lowest BCUT2D eigenvalue weighted by atomic mass is 10.0. The Bertz CT molecular complexity index is 354. The van der Waals surface area contributed by atoms with Crippen LogP contribution in [0, 0.1) is 0 Å². The summed E-state index contributed by atoms with van der Waals surface area (Å²) < 4.78 is 0. The lowest BCUT2D eigenvalue weighted by Gasteiger charge is -2.11. The van der Waals surface area contributed by atoms with Crippen LogP contribution in [0.15, 0.2) is 23.1 Å². The molecule has 0 aliphatic heterocycles. The number of benzene rings is 1. The Morgan fingerprint density at radius 2 is 2.29 bits per heavy atom. The molecule has 1 unspecified atom stereocenters. The standard InChI is InChI=1S/C10H10BrClOS/c1-6(13)10(11)9-3-2-8(14)4-7(9)5-12/h2-4,10,14H,5H2,1H3. The molecule has 1 aromatic rings. The average molecular weight is 294 g/mol. The maximum absolute atomic E-state index is 11.2. The summed E-state index contributed by atoms with van der Waals surface area (Å²) in [6.07, 6.45) is 0. The number of carbonyl (C=O) groups excluding carboxylic acids is 1. The summed E-state index contributed by atoms with van der Waals surface area (Å²) in [6, 6.07) is 5.61. The van der Waals surface area contributed by atoms with E-state index in [-0.39, 0.29) is 10.6 Å². The molecule has 0 spiro atoms. The molecule has 0 aliphatic rings. The number of rotatable bonds is 3. The largest absolute Gasteiger partial charge is 0.298 e. The van der Waals surface area contributed by atoms with Gasteiger partial charge in [-0.15, -0.1) is 24.2 Å². The van der Waals surface area contributed by atoms with Gasteiger partial charge in [0.1, 0.15) is 5.78 Å². The quantitative estimate of drug-likeness (QED) is 0.663. The van der Waals surface area contributed by atoms with Crippen LogP contribution in [0.1, 0.15) is 22.9 Å². The minimum absolute atomic E-state index is 0.0725. The van der Waals surface area contributed by atoms with Crippen LogP contribution < -0.4 is 0 Å². The van der Waals surface area contributed by atoms with Gasteiger partial charge in [-0.1, -0.05) is 22.0 Å². The molecule has 0 aliphatic carbocycles. The molecule has 76 valence electrons. The Morgan fingerprint density at radius 1 is 1.64 bits per heavy atom. The fourth-order valence-corrected chi connectivity index (χ4v) is 2.08. The molecular weight excluding hydrogens is 284 g/mol. The topological polar surface area (TPSA) is 17.1 Å². The van der Waals surface area contributed by atoms with Crippen LogP contribution in [-0.2, 0) is 10.7 Å². The van der Waals surface area contributed by atoms with Crippen LogP contribution in [0.2, 0.25) is 0 Å². The lowest BCUT2D eigenvalue weighted by Crippen LogP contribution is -2.03. The summed E-state index contributed by atoms with van der Waals surface area (Å²) in [4.78, 5) is 11.8. The number of halogens is 2. The summed E-state index contributed by atoms with van der Waals surface area (Å²) in [5, 5.41) is 0. The fourth-order valence-electron chi connectivity index (χ4n) is 1.17. The molecule has 0 saturated carbocycles. The van der Waals surface area contributed by atoms with Crippen molar-refractivity contribution < 1.29 is 4.79 Å². The van der Waals surface area contributed by atoms with E-state index in [0.29, 0.717) is 5.88 Å². The summed E-state index contributed by atoms with van der Waals surface area (Å²) in [5.41, 5.74) is 1.86. The molecule has 0 heterocycles. The highest BCUT2D eigenvalue weighted by Gasteiger charge is 2.15. The van der Waals surface area contributed by atoms with E-state index in [9.17, 15) is 4.79 Å². The van der Waals surface area contributed by atoms with E-state index in [0.717, 1.165) is 16.0 Å². The van der Waals surface area contributed by atoms with E-state index >= 15 is 0 Å². The number of thiol groups is 1. The molecule has 0 bridgehead atoms. The molecule has 0 aromatic heterocycles. The Kier molecular flexibility index (Phi) is 4.48. The van der Waals surface area contributed by atoms with Gasteiger partial charge in [0, 0.05) is 10.8 Å². The number of carbonyl (C=O) groups is 1. The summed E-state index contributed by atoms with van der Waals surface area (Å²) in [6.45, 7) is 1.55. The molecule has 1 rings (SSSR count). The summed E-state index contributed by atoms with van der Waals surface area (Å²) in [5.74, 6) is 0.460. The second-order valence-electron chi connectivity index (χ2n) is 2.99. The monoisotopic (exact) mass is 292 g/mol. The fraction of sp³-hybridized carbons (Fsp3) is 0.300. The van der Waals surface area contributed by atoms with Crippen LogP contribution in [0.4, 0.5) is 0 Å². The van der Waals surface area contributed by atoms with Gasteiger partial charge in [-0.3, -0.25) is 4.79 Å². The van der Waals surface area contributed by atoms with Crippen molar-refractivity contribution in [3.05, 3.63) is 29.3 Å². The zero-order valence-corrected chi connectivity index (χ0v) is 10.9. The number of ketones is 1. The van der Waals surface area contributed by atoms with Gasteiger partial charge in [-0.05, 0) is 30.2 Å². The maximum Gasteiger partial charge on any atom is 0.147 e. The van der Waals surface area contributed by atoms with E-state index in [1.807, 2.05) is 18.2 Å². The Hall–Kier alpha value is 0.01000. The van der Waals surface area contributed by atoms with Crippen molar-refractivity contribution in [1.29, 1.82) is 0 Å². The Balaban J connectivity index is 3.13. The second-order valence-corrected chi connectivity index (χ2v) is 4.69. The number of hydrogen-bond donors (Lipinski definition) is 1. The molecule has 0 radical (unpaired) electrons. The minimum Gasteiger partial charge on any atom is -0.298 e. The van der Waals surface area contributed by atoms with Gasteiger partial charge in [0.2, 0.25) is 0 Å². The van der Waals surface area contributed by atoms with Crippen LogP contribution in [0.5, 0.6) is 0 Å². The highest BCUT2D eigenvalue weighted by atomic mass is 79.9. The normalized spacial score (nSPS) is 12.6. The van der Waals surface area contributed by atoms with Crippen molar-refractivity contribution in [3.63, 3.8) is 0 Å². The van der Waals surface area contributed by atoms with E-state index in [4.69, 9.17) is 11.6 Å². The zero-order valence-electron chi connectivity index (χ0n) is 7.63. The molecule has 1 atom stereocenters. The molecule has 0 N–H and O–H groups in total. The molecule has 0 saturated heterocycles. The third kappa shape index (κ3) is 2.75. The van der Waals surface area contributed by atoms with Crippen LogP contribution in [0.3, 0.4) is 0 Å². The van der Waals surface area contributed by atoms with Crippen molar-refractivity contribution >= 4 is 45.9 Å². The van der Waals surface area contributed by atoms with E-state index < -0.39 is 0 Å².